The Bertz CT molecular complexity index is 893. The molecule has 0 aromatic rings. The number of aliphatic hydroxyl groups excluding tert-OH is 7. The van der Waals surface area contributed by atoms with E-state index in [-0.39, 0.29) is 18.9 Å². The molecule has 0 radical (unpaired) electrons. The third kappa shape index (κ3) is 10.5. The molecule has 2 aliphatic heterocycles. The fraction of sp³-hybridized carbons (Fsp3) is 0.967. The first-order valence-electron chi connectivity index (χ1n) is 16.8. The minimum atomic E-state index is -1.73. The van der Waals surface area contributed by atoms with Gasteiger partial charge in [0.15, 0.2) is 12.6 Å². The zero-order valence-corrected chi connectivity index (χ0v) is 26.8. The Hall–Kier alpha value is -1.09. The Balaban J connectivity index is 1.52. The highest BCUT2D eigenvalue weighted by Crippen LogP contribution is 2.31. The summed E-state index contributed by atoms with van der Waals surface area (Å²) in [4.78, 5) is 12.4. The highest BCUT2D eigenvalue weighted by Gasteiger charge is 2.51. The van der Waals surface area contributed by atoms with Crippen molar-refractivity contribution in [2.75, 3.05) is 13.2 Å². The van der Waals surface area contributed by atoms with E-state index in [9.17, 15) is 40.5 Å². The van der Waals surface area contributed by atoms with Crippen LogP contribution in [0.3, 0.4) is 0 Å². The first-order chi connectivity index (χ1) is 21.9. The van der Waals surface area contributed by atoms with Crippen molar-refractivity contribution in [3.05, 3.63) is 0 Å². The summed E-state index contributed by atoms with van der Waals surface area (Å²) in [6.07, 6.45) is -6.83. The Kier molecular flexibility index (Phi) is 16.4. The van der Waals surface area contributed by atoms with E-state index in [1.54, 1.807) is 0 Å². The van der Waals surface area contributed by atoms with Crippen LogP contribution in [0.15, 0.2) is 0 Å². The normalized spacial score (nSPS) is 41.8. The van der Waals surface area contributed by atoms with Gasteiger partial charge in [0.2, 0.25) is 5.91 Å². The topological polar surface area (TPSA) is 286 Å². The largest absolute Gasteiger partial charge is 0.394 e. The summed E-state index contributed by atoms with van der Waals surface area (Å²) in [5, 5.41) is 75.7. The molecule has 0 aromatic heterocycles. The monoisotopic (exact) mass is 666 g/mol. The Labute approximate surface area is 270 Å². The van der Waals surface area contributed by atoms with Crippen molar-refractivity contribution in [3.63, 3.8) is 0 Å². The molecule has 0 bridgehead atoms. The maximum atomic E-state index is 12.4. The quantitative estimate of drug-likeness (QED) is 0.0681. The van der Waals surface area contributed by atoms with E-state index in [2.05, 4.69) is 12.2 Å². The summed E-state index contributed by atoms with van der Waals surface area (Å²) in [5.41, 5.74) is 18.3. The summed E-state index contributed by atoms with van der Waals surface area (Å²) in [5.74, 6) is -0.238. The number of carbonyl (C=O) groups excluding carboxylic acids is 1. The van der Waals surface area contributed by atoms with Crippen molar-refractivity contribution in [2.45, 2.75) is 169 Å². The van der Waals surface area contributed by atoms with Crippen molar-refractivity contribution in [3.8, 4) is 0 Å². The molecule has 1 amide bonds. The number of hydrogen-bond donors (Lipinski definition) is 11. The minimum absolute atomic E-state index is 0.0552. The lowest BCUT2D eigenvalue weighted by molar-refractivity contribution is -0.332. The molecule has 16 nitrogen and oxygen atoms in total. The molecule has 3 aliphatic rings. The minimum Gasteiger partial charge on any atom is -0.394 e. The number of carbonyl (C=O) groups is 1. The summed E-state index contributed by atoms with van der Waals surface area (Å²) < 4.78 is 22.8. The average molecular weight is 667 g/mol. The van der Waals surface area contributed by atoms with E-state index in [1.165, 1.54) is 32.1 Å². The van der Waals surface area contributed by atoms with Crippen molar-refractivity contribution >= 4 is 5.91 Å². The van der Waals surface area contributed by atoms with Crippen molar-refractivity contribution in [1.82, 2.24) is 5.32 Å². The van der Waals surface area contributed by atoms with Gasteiger partial charge in [0.25, 0.3) is 0 Å². The second-order valence-corrected chi connectivity index (χ2v) is 12.9. The molecule has 0 aromatic carbocycles. The van der Waals surface area contributed by atoms with E-state index >= 15 is 0 Å². The van der Waals surface area contributed by atoms with Crippen LogP contribution in [-0.2, 0) is 23.7 Å². The zero-order chi connectivity index (χ0) is 34.0. The number of amides is 1. The van der Waals surface area contributed by atoms with Crippen LogP contribution in [-0.4, -0.2) is 147 Å². The van der Waals surface area contributed by atoms with Gasteiger partial charge in [-0.3, -0.25) is 4.79 Å². The third-order valence-corrected chi connectivity index (χ3v) is 9.26. The van der Waals surface area contributed by atoms with Crippen LogP contribution in [0.5, 0.6) is 0 Å². The predicted molar refractivity (Wildman–Crippen MR) is 164 cm³/mol. The number of aliphatic hydroxyl groups is 7. The van der Waals surface area contributed by atoms with E-state index in [0.29, 0.717) is 6.42 Å². The predicted octanol–water partition coefficient (Wildman–Crippen LogP) is -3.21. The van der Waals surface area contributed by atoms with Gasteiger partial charge in [-0.2, -0.15) is 0 Å². The van der Waals surface area contributed by atoms with Gasteiger partial charge >= 0.3 is 0 Å². The first kappa shape index (κ1) is 39.3. The van der Waals surface area contributed by atoms with Crippen LogP contribution in [0.4, 0.5) is 0 Å². The molecular formula is C30H58N4O12. The van der Waals surface area contributed by atoms with Crippen LogP contribution in [0.2, 0.25) is 0 Å². The van der Waals surface area contributed by atoms with E-state index in [1.807, 2.05) is 0 Å². The number of nitrogens with two attached hydrogens (primary N) is 3. The van der Waals surface area contributed by atoms with Gasteiger partial charge in [0.05, 0.1) is 12.6 Å². The number of rotatable bonds is 17. The highest BCUT2D eigenvalue weighted by atomic mass is 16.7. The van der Waals surface area contributed by atoms with E-state index in [4.69, 9.17) is 36.1 Å². The Morgan fingerprint density at radius 1 is 0.696 bits per heavy atom. The standard InChI is InChI=1S/C30H58N4O12/c1-2-3-4-5-6-7-8-9-10-11-19(36)34-13-17-22(38)24(40)25(41)30(43-17)46-28-16(32)12-15(31)27(26(28)42)45-29-23(39)20(33)21(37)18(14-35)44-29/h15-18,20-30,35,37-42H,2-14,31-33H2,1H3,(H,34,36)/t15?,16?,17?,18-,20-,21?,22-,23-,24+,25?,26-,27-,28?,29?,30-/m1/s1. The second-order valence-electron chi connectivity index (χ2n) is 12.9. The second kappa shape index (κ2) is 19.2. The fourth-order valence-electron chi connectivity index (χ4n) is 6.27. The molecule has 14 N–H and O–H groups in total. The molecule has 16 heteroatoms. The fourth-order valence-corrected chi connectivity index (χ4v) is 6.27. The van der Waals surface area contributed by atoms with Crippen LogP contribution < -0.4 is 22.5 Å². The third-order valence-electron chi connectivity index (χ3n) is 9.26. The lowest BCUT2D eigenvalue weighted by Crippen LogP contribution is -2.68. The van der Waals surface area contributed by atoms with E-state index in [0.717, 1.165) is 25.7 Å². The molecule has 46 heavy (non-hydrogen) atoms. The van der Waals surface area contributed by atoms with Crippen molar-refractivity contribution in [1.29, 1.82) is 0 Å². The molecule has 270 valence electrons. The molecule has 7 unspecified atom stereocenters. The van der Waals surface area contributed by atoms with Gasteiger partial charge in [-0.05, 0) is 12.8 Å². The van der Waals surface area contributed by atoms with Crippen molar-refractivity contribution < 1.29 is 59.5 Å². The molecule has 2 saturated heterocycles. The highest BCUT2D eigenvalue weighted by molar-refractivity contribution is 5.75. The molecule has 15 atom stereocenters. The van der Waals surface area contributed by atoms with Gasteiger partial charge in [0.1, 0.15) is 61.0 Å². The molecule has 0 spiro atoms. The SMILES string of the molecule is CCCCCCCCCCCC(=O)NCC1O[C@H](OC2C(N)CC(N)[C@@H](OC3O[C@H](CO)C(O)[C@@H](N)[C@H]3O)[C@H]2O)C(O)[C@@H](O)[C@@H]1O. The van der Waals surface area contributed by atoms with Gasteiger partial charge in [-0.1, -0.05) is 58.3 Å². The van der Waals surface area contributed by atoms with Crippen LogP contribution >= 0.6 is 0 Å². The number of unbranched alkanes of at least 4 members (excludes halogenated alkanes) is 8. The molecule has 2 heterocycles. The van der Waals surface area contributed by atoms with Gasteiger partial charge in [-0.15, -0.1) is 0 Å². The van der Waals surface area contributed by atoms with Crippen LogP contribution in [0, 0.1) is 0 Å². The molecular weight excluding hydrogens is 608 g/mol. The summed E-state index contributed by atoms with van der Waals surface area (Å²) in [6, 6.07) is -2.97. The van der Waals surface area contributed by atoms with Gasteiger partial charge in [0, 0.05) is 25.0 Å². The summed E-state index contributed by atoms with van der Waals surface area (Å²) in [6.45, 7) is 1.42. The lowest BCUT2D eigenvalue weighted by Gasteiger charge is -2.48. The van der Waals surface area contributed by atoms with E-state index < -0.39 is 98.4 Å². The summed E-state index contributed by atoms with van der Waals surface area (Å²) in [7, 11) is 0. The van der Waals surface area contributed by atoms with Crippen LogP contribution in [0.25, 0.3) is 0 Å². The Morgan fingerprint density at radius 3 is 1.78 bits per heavy atom. The van der Waals surface area contributed by atoms with Crippen molar-refractivity contribution in [2.24, 2.45) is 17.2 Å². The summed E-state index contributed by atoms with van der Waals surface area (Å²) >= 11 is 0. The lowest BCUT2D eigenvalue weighted by atomic mass is 9.84. The first-order valence-corrected chi connectivity index (χ1v) is 16.8. The zero-order valence-electron chi connectivity index (χ0n) is 26.8. The maximum absolute atomic E-state index is 12.4. The van der Waals surface area contributed by atoms with Crippen LogP contribution in [0.1, 0.15) is 77.6 Å². The number of hydrogen-bond acceptors (Lipinski definition) is 15. The molecule has 1 aliphatic carbocycles. The number of ether oxygens (including phenoxy) is 4. The average Bonchev–Trinajstić information content (AvgIpc) is 3.03. The Morgan fingerprint density at radius 2 is 1.22 bits per heavy atom. The smallest absolute Gasteiger partial charge is 0.220 e. The molecule has 3 fully saturated rings. The maximum Gasteiger partial charge on any atom is 0.220 e. The molecule has 1 saturated carbocycles. The van der Waals surface area contributed by atoms with Gasteiger partial charge < -0.3 is 77.2 Å². The number of nitrogens with one attached hydrogen (secondary N) is 1. The molecule has 3 rings (SSSR count). The van der Waals surface area contributed by atoms with Gasteiger partial charge in [-0.25, -0.2) is 0 Å².